The van der Waals surface area contributed by atoms with E-state index in [2.05, 4.69) is 67.6 Å². The van der Waals surface area contributed by atoms with Crippen molar-refractivity contribution in [2.45, 2.75) is 251 Å². The lowest BCUT2D eigenvalue weighted by molar-refractivity contribution is -0.344. The summed E-state index contributed by atoms with van der Waals surface area (Å²) in [5, 5.41) is 17.5. The summed E-state index contributed by atoms with van der Waals surface area (Å²) in [6, 6.07) is 8.08. The van der Waals surface area contributed by atoms with E-state index in [1.165, 1.54) is 13.8 Å². The molecular weight excluding hydrogens is 1020 g/mol. The Morgan fingerprint density at radius 1 is 0.870 bits per heavy atom. The van der Waals surface area contributed by atoms with Crippen LogP contribution >= 0.6 is 0 Å². The molecule has 3 bridgehead atoms. The van der Waals surface area contributed by atoms with Crippen molar-refractivity contribution < 1.29 is 71.1 Å². The number of alkyl carbamates (subject to hydrolysis) is 1. The van der Waals surface area contributed by atoms with Crippen molar-refractivity contribution in [3.8, 4) is 0 Å². The van der Waals surface area contributed by atoms with Gasteiger partial charge in [0, 0.05) is 32.1 Å². The summed E-state index contributed by atoms with van der Waals surface area (Å²) < 4.78 is 53.6. The van der Waals surface area contributed by atoms with Gasteiger partial charge in [-0.25, -0.2) is 14.4 Å². The van der Waals surface area contributed by atoms with Gasteiger partial charge in [-0.1, -0.05) is 107 Å². The molecule has 5 aliphatic rings. The van der Waals surface area contributed by atoms with Crippen LogP contribution in [0, 0.1) is 16.7 Å². The first-order valence-electron chi connectivity index (χ1n) is 28.2. The number of carbonyl (C=O) groups is 6. The second-order valence-corrected chi connectivity index (χ2v) is 35.3. The topological polar surface area (TPSA) is 209 Å². The van der Waals surface area contributed by atoms with E-state index in [4.69, 9.17) is 37.3 Å². The molecular formula is C59H91NO15Si2. The number of amides is 1. The second kappa shape index (κ2) is 23.1. The number of allylic oxidation sites excluding steroid dienone is 1. The molecule has 0 radical (unpaired) electrons. The Hall–Kier alpha value is -4.21. The van der Waals surface area contributed by atoms with E-state index >= 15 is 14.4 Å². The molecule has 2 saturated carbocycles. The predicted octanol–water partition coefficient (Wildman–Crippen LogP) is 10.6. The largest absolute Gasteiger partial charge is 0.456 e. The Kier molecular flexibility index (Phi) is 18.6. The van der Waals surface area contributed by atoms with Crippen LogP contribution in [-0.4, -0.2) is 124 Å². The van der Waals surface area contributed by atoms with Crippen molar-refractivity contribution in [1.82, 2.24) is 5.32 Å². The number of esters is 4. The minimum atomic E-state index is -3.02. The van der Waals surface area contributed by atoms with Crippen LogP contribution < -0.4 is 5.32 Å². The van der Waals surface area contributed by atoms with Crippen molar-refractivity contribution in [2.75, 3.05) is 6.61 Å². The molecule has 0 aromatic heterocycles. The van der Waals surface area contributed by atoms with Crippen molar-refractivity contribution in [1.29, 1.82) is 0 Å². The minimum absolute atomic E-state index is 0.0175. The lowest BCUT2D eigenvalue weighted by Crippen LogP contribution is -2.82. The molecule has 1 saturated heterocycles. The van der Waals surface area contributed by atoms with Gasteiger partial charge in [-0.15, -0.1) is 0 Å². The summed E-state index contributed by atoms with van der Waals surface area (Å²) >= 11 is 0. The van der Waals surface area contributed by atoms with Crippen LogP contribution in [0.15, 0.2) is 47.6 Å². The Labute approximate surface area is 460 Å². The summed E-state index contributed by atoms with van der Waals surface area (Å²) in [6.45, 7) is 33.0. The molecule has 3 fully saturated rings. The zero-order chi connectivity index (χ0) is 57.6. The number of fused-ring (bicyclic) bond motifs is 7. The van der Waals surface area contributed by atoms with Crippen molar-refractivity contribution in [2.24, 2.45) is 16.7 Å². The summed E-state index contributed by atoms with van der Waals surface area (Å²) in [4.78, 5) is 89.2. The Morgan fingerprint density at radius 2 is 1.48 bits per heavy atom. The maximum atomic E-state index is 16.7. The maximum Gasteiger partial charge on any atom is 0.407 e. The van der Waals surface area contributed by atoms with E-state index in [-0.39, 0.29) is 47.2 Å². The first-order valence-corrected chi connectivity index (χ1v) is 32.9. The zero-order valence-corrected chi connectivity index (χ0v) is 51.3. The van der Waals surface area contributed by atoms with Crippen LogP contribution in [0.4, 0.5) is 4.79 Å². The van der Waals surface area contributed by atoms with E-state index in [1.54, 1.807) is 60.6 Å². The third-order valence-electron chi connectivity index (χ3n) is 18.4. The molecule has 6 rings (SSSR count). The molecule has 11 atom stereocenters. The highest BCUT2D eigenvalue weighted by Crippen LogP contribution is 2.65. The van der Waals surface area contributed by atoms with Gasteiger partial charge in [0.25, 0.3) is 0 Å². The van der Waals surface area contributed by atoms with Gasteiger partial charge in [-0.3, -0.25) is 14.4 Å². The number of carbonyl (C=O) groups excluding carboxylic acids is 6. The average Bonchev–Trinajstić information content (AvgIpc) is 3.32. The zero-order valence-electron chi connectivity index (χ0n) is 49.3. The Morgan fingerprint density at radius 3 is 2.01 bits per heavy atom. The third-order valence-corrected chi connectivity index (χ3v) is 29.2. The van der Waals surface area contributed by atoms with E-state index < -0.39 is 135 Å². The van der Waals surface area contributed by atoms with Gasteiger partial charge < -0.3 is 47.7 Å². The summed E-state index contributed by atoms with van der Waals surface area (Å²) in [5.74, 6) is -5.18. The third kappa shape index (κ3) is 11.3. The standard InChI is InChI=1S/C59H91NO15Si2/c1-19-76(20-2,21-3)74-44-31-45-58(33-68-45,72-39(12)62)49-51-59(67)32-43(37(10)46(56(59,16)17)48(69-38(11)61)50(63)57(44,49)18)70-53(65)47(75-77(34(4)5,35(6)7)36(8)9)42(60-54(66)73-55(13,14)15)30-24-22-23-27-40-28-25-26-29-41(40)52(64)71-51/h22,24-26,28-29,34-36,42-45,47-49,51,67H,19-21,23,27,30-33H2,1-18H3,(H,60,66)/b24-22+/t42?,43-,44-,45+,47+,48+,49-,51-,57+,58-,59+/m0/s1. The Bertz CT molecular complexity index is 2430. The molecule has 16 nitrogen and oxygen atoms in total. The fourth-order valence-electron chi connectivity index (χ4n) is 14.3. The highest BCUT2D eigenvalue weighted by atomic mass is 28.4. The summed E-state index contributed by atoms with van der Waals surface area (Å²) in [6.07, 6.45) is -4.52. The van der Waals surface area contributed by atoms with Crippen LogP contribution in [0.2, 0.25) is 34.8 Å². The number of aryl methyl sites for hydroxylation is 1. The van der Waals surface area contributed by atoms with Gasteiger partial charge in [-0.2, -0.15) is 0 Å². The van der Waals surface area contributed by atoms with Gasteiger partial charge in [0.1, 0.15) is 29.5 Å². The molecule has 3 aliphatic carbocycles. The van der Waals surface area contributed by atoms with Gasteiger partial charge >= 0.3 is 30.0 Å². The van der Waals surface area contributed by atoms with Crippen molar-refractivity contribution in [3.63, 3.8) is 0 Å². The number of rotatable bonds is 13. The molecule has 0 spiro atoms. The monoisotopic (exact) mass is 1110 g/mol. The fraction of sp³-hybridized carbons (Fsp3) is 0.729. The number of hydrogen-bond acceptors (Lipinski definition) is 15. The van der Waals surface area contributed by atoms with E-state index in [0.29, 0.717) is 42.1 Å². The van der Waals surface area contributed by atoms with Crippen LogP contribution in [0.5, 0.6) is 0 Å². The van der Waals surface area contributed by atoms with Crippen LogP contribution in [0.1, 0.15) is 166 Å². The second-order valence-electron chi connectivity index (χ2n) is 25.2. The predicted molar refractivity (Wildman–Crippen MR) is 296 cm³/mol. The van der Waals surface area contributed by atoms with Crippen LogP contribution in [0.3, 0.4) is 0 Å². The van der Waals surface area contributed by atoms with Crippen molar-refractivity contribution >= 4 is 52.4 Å². The number of ether oxygens (including phenoxy) is 6. The van der Waals surface area contributed by atoms with E-state index in [9.17, 15) is 19.5 Å². The van der Waals surface area contributed by atoms with E-state index in [0.717, 1.165) is 0 Å². The van der Waals surface area contributed by atoms with Gasteiger partial charge in [0.05, 0.1) is 35.6 Å². The Balaban J connectivity index is 1.74. The van der Waals surface area contributed by atoms with Crippen LogP contribution in [0.25, 0.3) is 0 Å². The molecule has 1 aromatic carbocycles. The number of benzene rings is 1. The SMILES string of the molecule is CC[Si](CC)(CC)O[C@H]1C[C@H]2OC[C@@]2(OC(C)=O)[C@H]2[C@@H]3OC(=O)c4ccccc4CC/C=C/CC(NC(=O)OC(C)(C)C)[C@@H](O[Si](C(C)C)(C(C)C)C(C)C)C(=O)O[C@H]4C[C@]3(O)C(C)(C)C(=C4C)[C@@H](OC(C)=O)C(=O)[C@]12C. The fourth-order valence-corrected chi connectivity index (χ4v) is 22.7. The molecule has 2 N–H and O–H groups in total. The normalized spacial score (nSPS) is 32.3. The van der Waals surface area contributed by atoms with Crippen LogP contribution in [-0.2, 0) is 62.9 Å². The van der Waals surface area contributed by atoms with Gasteiger partial charge in [0.2, 0.25) is 8.32 Å². The summed E-state index contributed by atoms with van der Waals surface area (Å²) in [7, 11) is -5.68. The average molecular weight is 1110 g/mol. The summed E-state index contributed by atoms with van der Waals surface area (Å²) in [5.41, 5.74) is -7.08. The molecule has 2 heterocycles. The quantitative estimate of drug-likeness (QED) is 0.0815. The lowest BCUT2D eigenvalue weighted by atomic mass is 9.44. The van der Waals surface area contributed by atoms with Crippen molar-refractivity contribution in [3.05, 3.63) is 58.7 Å². The minimum Gasteiger partial charge on any atom is -0.456 e. The number of nitrogens with one attached hydrogen (secondary N) is 1. The highest BCUT2D eigenvalue weighted by Gasteiger charge is 2.79. The number of ketones is 1. The van der Waals surface area contributed by atoms with Gasteiger partial charge in [-0.05, 0) is 111 Å². The molecule has 18 heteroatoms. The number of aliphatic hydroxyl groups is 1. The molecule has 1 unspecified atom stereocenters. The first-order chi connectivity index (χ1) is 35.8. The highest BCUT2D eigenvalue weighted by molar-refractivity contribution is 6.77. The number of hydrogen-bond donors (Lipinski definition) is 2. The number of Topliss-reactive ketones (excluding diaryl/α,β-unsaturated/α-hetero) is 1. The van der Waals surface area contributed by atoms with E-state index in [1.807, 2.05) is 24.3 Å². The lowest BCUT2D eigenvalue weighted by Gasteiger charge is -2.68. The van der Waals surface area contributed by atoms with Gasteiger partial charge in [0.15, 0.2) is 31.9 Å². The molecule has 1 aromatic rings. The maximum absolute atomic E-state index is 16.7. The molecule has 1 amide bonds. The first kappa shape index (κ1) is 62.0. The molecule has 430 valence electrons. The molecule has 77 heavy (non-hydrogen) atoms. The smallest absolute Gasteiger partial charge is 0.407 e. The molecule has 2 aliphatic heterocycles.